The number of amides is 2. The summed E-state index contributed by atoms with van der Waals surface area (Å²) in [6, 6.07) is 13.8. The number of aromatic nitrogens is 3. The standard InChI is InChI=1S/C25H27ClFN5O2/c1-15(2)20-9-8-17(10-21(20)26)24(16-6-4-3-5-7-16)29-25(34)22-11-18(27)14-32(22)23(33)12-19-13-28-31-30-19/h3-10,13,15,18,22,24H,11-12,14H2,1-2H3,(H,29,34)(H,28,30,31)/t18-,22+,24-/m1/s1. The molecule has 4 rings (SSSR count). The molecule has 2 heterocycles. The first-order valence-electron chi connectivity index (χ1n) is 11.3. The maximum atomic E-state index is 14.4. The molecule has 0 bridgehead atoms. The Morgan fingerprint density at radius 1 is 1.21 bits per heavy atom. The Bertz CT molecular complexity index is 1140. The number of likely N-dealkylation sites (tertiary alicyclic amines) is 1. The quantitative estimate of drug-likeness (QED) is 0.532. The second-order valence-corrected chi connectivity index (χ2v) is 9.23. The minimum absolute atomic E-state index is 0.0507. The number of hydrogen-bond acceptors (Lipinski definition) is 4. The third-order valence-electron chi connectivity index (χ3n) is 6.07. The van der Waals surface area contributed by atoms with Gasteiger partial charge in [-0.3, -0.25) is 9.59 Å². The minimum Gasteiger partial charge on any atom is -0.343 e. The van der Waals surface area contributed by atoms with E-state index in [0.29, 0.717) is 10.7 Å². The van der Waals surface area contributed by atoms with Crippen molar-refractivity contribution in [3.8, 4) is 0 Å². The number of nitrogens with one attached hydrogen (secondary N) is 2. The van der Waals surface area contributed by atoms with E-state index >= 15 is 0 Å². The van der Waals surface area contributed by atoms with E-state index in [9.17, 15) is 14.0 Å². The largest absolute Gasteiger partial charge is 0.343 e. The second kappa shape index (κ2) is 10.3. The molecule has 7 nitrogen and oxygen atoms in total. The SMILES string of the molecule is CC(C)c1ccc([C@H](NC(=O)[C@@H]2C[C@@H](F)CN2C(=O)Cc2cn[nH]n2)c2ccccc2)cc1Cl. The number of nitrogens with zero attached hydrogens (tertiary/aromatic N) is 3. The molecule has 0 spiro atoms. The van der Waals surface area contributed by atoms with Gasteiger partial charge in [-0.15, -0.1) is 0 Å². The zero-order valence-electron chi connectivity index (χ0n) is 19.0. The van der Waals surface area contributed by atoms with Crippen molar-refractivity contribution in [1.82, 2.24) is 25.6 Å². The highest BCUT2D eigenvalue weighted by Gasteiger charge is 2.40. The van der Waals surface area contributed by atoms with E-state index in [-0.39, 0.29) is 31.2 Å². The van der Waals surface area contributed by atoms with Crippen LogP contribution in [-0.2, 0) is 16.0 Å². The Kier molecular flexibility index (Phi) is 7.26. The third-order valence-corrected chi connectivity index (χ3v) is 6.40. The minimum atomic E-state index is -1.27. The van der Waals surface area contributed by atoms with Gasteiger partial charge in [-0.1, -0.05) is 67.9 Å². The summed E-state index contributed by atoms with van der Waals surface area (Å²) in [6.07, 6.45) is 0.0603. The van der Waals surface area contributed by atoms with Crippen LogP contribution in [0.3, 0.4) is 0 Å². The molecule has 1 aliphatic heterocycles. The smallest absolute Gasteiger partial charge is 0.243 e. The molecule has 0 unspecified atom stereocenters. The molecule has 178 valence electrons. The lowest BCUT2D eigenvalue weighted by molar-refractivity contribution is -0.138. The van der Waals surface area contributed by atoms with Gasteiger partial charge >= 0.3 is 0 Å². The average Bonchev–Trinajstić information content (AvgIpc) is 3.47. The summed E-state index contributed by atoms with van der Waals surface area (Å²) in [7, 11) is 0. The Morgan fingerprint density at radius 3 is 2.62 bits per heavy atom. The van der Waals surface area contributed by atoms with Crippen LogP contribution < -0.4 is 5.32 Å². The number of halogens is 2. The molecular formula is C25H27ClFN5O2. The lowest BCUT2D eigenvalue weighted by Crippen LogP contribution is -2.47. The monoisotopic (exact) mass is 483 g/mol. The number of aromatic amines is 1. The fourth-order valence-electron chi connectivity index (χ4n) is 4.31. The van der Waals surface area contributed by atoms with Crippen LogP contribution in [0, 0.1) is 0 Å². The highest BCUT2D eigenvalue weighted by molar-refractivity contribution is 6.31. The molecule has 3 aromatic rings. The molecule has 1 saturated heterocycles. The summed E-state index contributed by atoms with van der Waals surface area (Å²) < 4.78 is 14.4. The van der Waals surface area contributed by atoms with Gasteiger partial charge in [0, 0.05) is 11.4 Å². The van der Waals surface area contributed by atoms with Crippen LogP contribution in [0.2, 0.25) is 5.02 Å². The van der Waals surface area contributed by atoms with Gasteiger partial charge in [0.25, 0.3) is 0 Å². The number of H-pyrrole nitrogens is 1. The van der Waals surface area contributed by atoms with E-state index in [1.807, 2.05) is 48.5 Å². The Morgan fingerprint density at radius 2 is 1.97 bits per heavy atom. The third kappa shape index (κ3) is 5.28. The van der Waals surface area contributed by atoms with Gasteiger partial charge in [0.15, 0.2) is 0 Å². The summed E-state index contributed by atoms with van der Waals surface area (Å²) in [4.78, 5) is 27.5. The van der Waals surface area contributed by atoms with E-state index in [4.69, 9.17) is 11.6 Å². The summed E-state index contributed by atoms with van der Waals surface area (Å²) in [5.74, 6) is -0.517. The molecule has 1 aromatic heterocycles. The van der Waals surface area contributed by atoms with Crippen LogP contribution in [0.5, 0.6) is 0 Å². The zero-order valence-corrected chi connectivity index (χ0v) is 19.8. The average molecular weight is 484 g/mol. The Hall–Kier alpha value is -3.26. The molecule has 3 atom stereocenters. The molecule has 0 saturated carbocycles. The van der Waals surface area contributed by atoms with Crippen molar-refractivity contribution < 1.29 is 14.0 Å². The number of carbonyl (C=O) groups is 2. The van der Waals surface area contributed by atoms with E-state index in [1.165, 1.54) is 11.1 Å². The fraction of sp³-hybridized carbons (Fsp3) is 0.360. The van der Waals surface area contributed by atoms with Gasteiger partial charge in [-0.25, -0.2) is 4.39 Å². The maximum absolute atomic E-state index is 14.4. The summed E-state index contributed by atoms with van der Waals surface area (Å²) in [5.41, 5.74) is 3.13. The first kappa shape index (κ1) is 23.9. The number of benzene rings is 2. The molecule has 0 aliphatic carbocycles. The summed E-state index contributed by atoms with van der Waals surface area (Å²) >= 11 is 6.54. The van der Waals surface area contributed by atoms with Crippen LogP contribution in [-0.4, -0.2) is 50.9 Å². The second-order valence-electron chi connectivity index (χ2n) is 8.82. The molecular weight excluding hydrogens is 457 g/mol. The molecule has 1 aliphatic rings. The number of alkyl halides is 1. The van der Waals surface area contributed by atoms with Crippen molar-refractivity contribution in [2.45, 2.75) is 50.9 Å². The normalized spacial score (nSPS) is 18.8. The van der Waals surface area contributed by atoms with E-state index in [2.05, 4.69) is 34.6 Å². The van der Waals surface area contributed by atoms with Crippen molar-refractivity contribution in [2.75, 3.05) is 6.54 Å². The molecule has 2 amide bonds. The van der Waals surface area contributed by atoms with Crippen molar-refractivity contribution in [3.05, 3.63) is 82.1 Å². The molecule has 34 heavy (non-hydrogen) atoms. The van der Waals surface area contributed by atoms with Crippen LogP contribution in [0.1, 0.15) is 54.6 Å². The van der Waals surface area contributed by atoms with Gasteiger partial charge in [-0.2, -0.15) is 15.4 Å². The predicted octanol–water partition coefficient (Wildman–Crippen LogP) is 3.97. The number of rotatable bonds is 7. The number of hydrogen-bond donors (Lipinski definition) is 2. The van der Waals surface area contributed by atoms with Crippen molar-refractivity contribution in [2.24, 2.45) is 0 Å². The van der Waals surface area contributed by atoms with Gasteiger partial charge < -0.3 is 10.2 Å². The summed E-state index contributed by atoms with van der Waals surface area (Å²) in [5, 5.41) is 13.7. The molecule has 0 radical (unpaired) electrons. The first-order valence-corrected chi connectivity index (χ1v) is 11.6. The molecule has 2 N–H and O–H groups in total. The van der Waals surface area contributed by atoms with Crippen LogP contribution >= 0.6 is 11.6 Å². The van der Waals surface area contributed by atoms with Gasteiger partial charge in [0.2, 0.25) is 11.8 Å². The molecule has 9 heteroatoms. The van der Waals surface area contributed by atoms with Crippen molar-refractivity contribution in [1.29, 1.82) is 0 Å². The van der Waals surface area contributed by atoms with E-state index in [0.717, 1.165) is 16.7 Å². The van der Waals surface area contributed by atoms with Crippen molar-refractivity contribution >= 4 is 23.4 Å². The van der Waals surface area contributed by atoms with Crippen LogP contribution in [0.25, 0.3) is 0 Å². The Labute approximate surface area is 202 Å². The van der Waals surface area contributed by atoms with E-state index in [1.54, 1.807) is 0 Å². The van der Waals surface area contributed by atoms with Crippen LogP contribution in [0.4, 0.5) is 4.39 Å². The highest BCUT2D eigenvalue weighted by Crippen LogP contribution is 2.31. The van der Waals surface area contributed by atoms with Gasteiger partial charge in [0.1, 0.15) is 12.2 Å². The fourth-order valence-corrected chi connectivity index (χ4v) is 4.72. The Balaban J connectivity index is 1.59. The number of carbonyl (C=O) groups excluding carboxylic acids is 2. The first-order chi connectivity index (χ1) is 16.3. The summed E-state index contributed by atoms with van der Waals surface area (Å²) in [6.45, 7) is 4.00. The van der Waals surface area contributed by atoms with E-state index < -0.39 is 24.2 Å². The van der Waals surface area contributed by atoms with Crippen molar-refractivity contribution in [3.63, 3.8) is 0 Å². The van der Waals surface area contributed by atoms with Gasteiger partial charge in [0.05, 0.1) is 30.9 Å². The molecule has 1 fully saturated rings. The van der Waals surface area contributed by atoms with Gasteiger partial charge in [-0.05, 0) is 28.7 Å². The predicted molar refractivity (Wildman–Crippen MR) is 127 cm³/mol. The van der Waals surface area contributed by atoms with Crippen LogP contribution in [0.15, 0.2) is 54.7 Å². The maximum Gasteiger partial charge on any atom is 0.243 e. The zero-order chi connectivity index (χ0) is 24.2. The lowest BCUT2D eigenvalue weighted by Gasteiger charge is -2.27. The highest BCUT2D eigenvalue weighted by atomic mass is 35.5. The molecule has 2 aromatic carbocycles. The lowest BCUT2D eigenvalue weighted by atomic mass is 9.94. The topological polar surface area (TPSA) is 91.0 Å².